The summed E-state index contributed by atoms with van der Waals surface area (Å²) in [7, 11) is 0. The lowest BCUT2D eigenvalue weighted by Crippen LogP contribution is -2.60. The van der Waals surface area contributed by atoms with Crippen molar-refractivity contribution in [3.8, 4) is 0 Å². The van der Waals surface area contributed by atoms with Crippen LogP contribution in [0.15, 0.2) is 4.99 Å². The van der Waals surface area contributed by atoms with Crippen LogP contribution in [0, 0.1) is 0 Å². The molecule has 0 aromatic heterocycles. The number of rotatable bonds is 14. The summed E-state index contributed by atoms with van der Waals surface area (Å²) in [5.41, 5.74) is 0. The van der Waals surface area contributed by atoms with Crippen molar-refractivity contribution in [2.75, 3.05) is 26.2 Å². The number of amidine groups is 1. The quantitative estimate of drug-likeness (QED) is 0.368. The molecule has 0 aliphatic carbocycles. The van der Waals surface area contributed by atoms with E-state index in [1.807, 2.05) is 0 Å². The number of hydrogen-bond acceptors (Lipinski definition) is 4. The minimum Gasteiger partial charge on any atom is -0.480 e. The second-order valence-corrected chi connectivity index (χ2v) is 6.78. The van der Waals surface area contributed by atoms with Crippen LogP contribution < -0.4 is 0 Å². The van der Waals surface area contributed by atoms with Gasteiger partial charge in [-0.3, -0.25) is 0 Å². The molecule has 1 rings (SSSR count). The van der Waals surface area contributed by atoms with Gasteiger partial charge in [-0.1, -0.05) is 45.4 Å². The number of ether oxygens (including phenoxy) is 1. The van der Waals surface area contributed by atoms with Gasteiger partial charge in [-0.05, 0) is 6.42 Å². The Bertz CT molecular complexity index is 466. The number of nitrogens with zero attached hydrogens (tertiary/aromatic N) is 2. The number of carboxylic acid groups (broad SMARTS) is 2. The predicted octanol–water partition coefficient (Wildman–Crippen LogP) is 2.89. The highest BCUT2D eigenvalue weighted by molar-refractivity contribution is 5.80. The molecule has 0 amide bonds. The Morgan fingerprint density at radius 3 is 2.36 bits per heavy atom. The molecule has 1 aliphatic heterocycles. The molecule has 0 aromatic rings. The third-order valence-corrected chi connectivity index (χ3v) is 4.87. The maximum absolute atomic E-state index is 11.4. The second-order valence-electron chi connectivity index (χ2n) is 6.78. The van der Waals surface area contributed by atoms with Gasteiger partial charge in [0.1, 0.15) is 6.54 Å². The number of quaternary nitrogens is 1. The first-order valence-corrected chi connectivity index (χ1v) is 9.38. The fourth-order valence-corrected chi connectivity index (χ4v) is 3.44. The molecule has 0 aromatic carbocycles. The Balaban J connectivity index is 2.58. The van der Waals surface area contributed by atoms with Gasteiger partial charge < -0.3 is 14.9 Å². The Morgan fingerprint density at radius 1 is 1.12 bits per heavy atom. The summed E-state index contributed by atoms with van der Waals surface area (Å²) >= 11 is 0. The Morgan fingerprint density at radius 2 is 1.76 bits per heavy atom. The maximum atomic E-state index is 11.4. The van der Waals surface area contributed by atoms with Gasteiger partial charge in [0.05, 0.1) is 6.54 Å². The van der Waals surface area contributed by atoms with E-state index >= 15 is 0 Å². The molecule has 25 heavy (non-hydrogen) atoms. The van der Waals surface area contributed by atoms with Crippen LogP contribution in [0.3, 0.4) is 0 Å². The molecule has 2 N–H and O–H groups in total. The van der Waals surface area contributed by atoms with E-state index in [1.165, 1.54) is 32.1 Å². The van der Waals surface area contributed by atoms with E-state index < -0.39 is 24.8 Å². The Kier molecular flexibility index (Phi) is 9.67. The third kappa shape index (κ3) is 7.12. The zero-order valence-electron chi connectivity index (χ0n) is 15.6. The molecule has 7 heteroatoms. The van der Waals surface area contributed by atoms with Crippen molar-refractivity contribution in [3.05, 3.63) is 0 Å². The molecule has 144 valence electrons. The van der Waals surface area contributed by atoms with Gasteiger partial charge in [0, 0.05) is 13.3 Å². The minimum atomic E-state index is -1.05. The lowest BCUT2D eigenvalue weighted by molar-refractivity contribution is -0.878. The van der Waals surface area contributed by atoms with E-state index in [0.29, 0.717) is 13.1 Å². The van der Waals surface area contributed by atoms with Crippen LogP contribution in [-0.4, -0.2) is 64.9 Å². The van der Waals surface area contributed by atoms with E-state index in [2.05, 4.69) is 11.9 Å². The number of unbranched alkanes of at least 4 members (excludes halogenated alkanes) is 6. The van der Waals surface area contributed by atoms with E-state index in [-0.39, 0.29) is 11.0 Å². The number of carbonyl (C=O) groups is 2. The summed E-state index contributed by atoms with van der Waals surface area (Å²) in [5, 5.41) is 18.2. The summed E-state index contributed by atoms with van der Waals surface area (Å²) in [6.45, 7) is 4.53. The van der Waals surface area contributed by atoms with Crippen LogP contribution in [0.4, 0.5) is 0 Å². The van der Waals surface area contributed by atoms with E-state index in [9.17, 15) is 14.7 Å². The van der Waals surface area contributed by atoms with Crippen LogP contribution >= 0.6 is 0 Å². The lowest BCUT2D eigenvalue weighted by Gasteiger charge is -2.38. The molecule has 0 spiro atoms. The van der Waals surface area contributed by atoms with E-state index in [0.717, 1.165) is 25.1 Å². The molecular formula is C18H33N2O5+. The zero-order valence-corrected chi connectivity index (χ0v) is 15.6. The van der Waals surface area contributed by atoms with E-state index in [1.54, 1.807) is 6.92 Å². The molecule has 0 bridgehead atoms. The number of hydrogen-bond donors (Lipinski definition) is 2. The van der Waals surface area contributed by atoms with Gasteiger partial charge in [0.15, 0.2) is 19.4 Å². The molecule has 2 atom stereocenters. The van der Waals surface area contributed by atoms with Gasteiger partial charge in [0.25, 0.3) is 0 Å². The highest BCUT2D eigenvalue weighted by Crippen LogP contribution is 2.25. The normalized spacial score (nSPS) is 21.1. The summed E-state index contributed by atoms with van der Waals surface area (Å²) in [6, 6.07) is 0. The van der Waals surface area contributed by atoms with Crippen molar-refractivity contribution in [1.82, 2.24) is 0 Å². The minimum absolute atomic E-state index is 0.115. The van der Waals surface area contributed by atoms with Crippen molar-refractivity contribution in [3.63, 3.8) is 0 Å². The first kappa shape index (κ1) is 21.6. The second kappa shape index (κ2) is 11.2. The number of carboxylic acids is 2. The Hall–Kier alpha value is -1.47. The fourth-order valence-electron chi connectivity index (χ4n) is 3.44. The average Bonchev–Trinajstić information content (AvgIpc) is 2.94. The molecule has 0 saturated heterocycles. The number of aliphatic carboxylic acids is 2. The monoisotopic (exact) mass is 357 g/mol. The molecular weight excluding hydrogens is 324 g/mol. The topological polar surface area (TPSA) is 96.2 Å². The average molecular weight is 357 g/mol. The highest BCUT2D eigenvalue weighted by atomic mass is 16.5. The first-order valence-electron chi connectivity index (χ1n) is 9.38. The predicted molar refractivity (Wildman–Crippen MR) is 95.6 cm³/mol. The molecule has 0 fully saturated rings. The van der Waals surface area contributed by atoms with Crippen LogP contribution in [0.2, 0.25) is 0 Å². The van der Waals surface area contributed by atoms with Gasteiger partial charge in [-0.25, -0.2) is 19.1 Å². The van der Waals surface area contributed by atoms with Crippen molar-refractivity contribution >= 4 is 17.8 Å². The SMILES string of the molecule is CCCCCCCCCC1=NCC[N+]1(CC(=O)O)C(C)OCC(=O)O. The van der Waals surface area contributed by atoms with Crippen LogP contribution in [-0.2, 0) is 14.3 Å². The van der Waals surface area contributed by atoms with Gasteiger partial charge in [0.2, 0.25) is 5.84 Å². The maximum Gasteiger partial charge on any atom is 0.359 e. The van der Waals surface area contributed by atoms with Crippen LogP contribution in [0.25, 0.3) is 0 Å². The van der Waals surface area contributed by atoms with Gasteiger partial charge >= 0.3 is 11.9 Å². The molecule has 7 nitrogen and oxygen atoms in total. The number of aliphatic imine (C=N–C) groups is 1. The molecule has 1 heterocycles. The summed E-state index contributed by atoms with van der Waals surface area (Å²) < 4.78 is 5.55. The molecule has 2 unspecified atom stereocenters. The molecule has 1 aliphatic rings. The highest BCUT2D eigenvalue weighted by Gasteiger charge is 2.45. The van der Waals surface area contributed by atoms with Crippen molar-refractivity contribution in [1.29, 1.82) is 0 Å². The Labute approximate surface area is 150 Å². The van der Waals surface area contributed by atoms with Crippen molar-refractivity contribution < 1.29 is 29.0 Å². The van der Waals surface area contributed by atoms with Crippen molar-refractivity contribution in [2.24, 2.45) is 4.99 Å². The van der Waals surface area contributed by atoms with Gasteiger partial charge in [-0.15, -0.1) is 0 Å². The smallest absolute Gasteiger partial charge is 0.359 e. The first-order chi connectivity index (χ1) is 11.9. The standard InChI is InChI=1S/C18H32N2O5/c1-3-4-5-6-7-8-9-10-16-19-11-12-20(16,13-17(21)22)15(2)25-14-18(23)24/h15H,3-14H2,1-2H3,(H-,21,22,23,24)/p+1. The van der Waals surface area contributed by atoms with Crippen molar-refractivity contribution in [2.45, 2.75) is 71.4 Å². The third-order valence-electron chi connectivity index (χ3n) is 4.87. The summed E-state index contributed by atoms with van der Waals surface area (Å²) in [4.78, 5) is 26.7. The molecule has 0 radical (unpaired) electrons. The van der Waals surface area contributed by atoms with Gasteiger partial charge in [-0.2, -0.15) is 0 Å². The molecule has 0 saturated carbocycles. The van der Waals surface area contributed by atoms with E-state index in [4.69, 9.17) is 9.84 Å². The zero-order chi connectivity index (χ0) is 18.7. The summed E-state index contributed by atoms with van der Waals surface area (Å²) in [5.74, 6) is -1.13. The largest absolute Gasteiger partial charge is 0.480 e. The summed E-state index contributed by atoms with van der Waals surface area (Å²) in [6.07, 6.45) is 8.54. The van der Waals surface area contributed by atoms with Crippen LogP contribution in [0.5, 0.6) is 0 Å². The van der Waals surface area contributed by atoms with Crippen LogP contribution in [0.1, 0.15) is 65.2 Å². The fraction of sp³-hybridized carbons (Fsp3) is 0.833. The lowest BCUT2D eigenvalue weighted by atomic mass is 10.1.